The molecule has 2 aromatic rings. The lowest BCUT2D eigenvalue weighted by molar-refractivity contribution is -0.384. The molecule has 0 atom stereocenters. The molecule has 0 spiro atoms. The average molecular weight is 411 g/mol. The summed E-state index contributed by atoms with van der Waals surface area (Å²) in [6.07, 6.45) is 0. The maximum atomic E-state index is 12.7. The predicted octanol–water partition coefficient (Wildman–Crippen LogP) is 4.32. The lowest BCUT2D eigenvalue weighted by atomic mass is 9.97. The van der Waals surface area contributed by atoms with Gasteiger partial charge in [-0.2, -0.15) is 0 Å². The summed E-state index contributed by atoms with van der Waals surface area (Å²) in [5, 5.41) is 14.6. The molecule has 0 radical (unpaired) electrons. The molecule has 0 aliphatic carbocycles. The number of amides is 1. The van der Waals surface area contributed by atoms with Gasteiger partial charge in [0, 0.05) is 50.0 Å². The molecule has 2 aromatic carbocycles. The van der Waals surface area contributed by atoms with Gasteiger partial charge in [0.05, 0.1) is 4.92 Å². The second kappa shape index (κ2) is 8.73. The number of carbonyl (C=O) groups is 1. The van der Waals surface area contributed by atoms with Gasteiger partial charge < -0.3 is 15.1 Å². The Labute approximate surface area is 177 Å². The van der Waals surface area contributed by atoms with Crippen LogP contribution in [-0.2, 0) is 0 Å². The molecular formula is C23H30N4O3. The Balaban J connectivity index is 1.69. The highest BCUT2D eigenvalue weighted by Gasteiger charge is 2.24. The van der Waals surface area contributed by atoms with E-state index in [2.05, 4.69) is 31.0 Å². The van der Waals surface area contributed by atoms with Crippen molar-refractivity contribution in [3.8, 4) is 0 Å². The van der Waals surface area contributed by atoms with Crippen LogP contribution in [0.4, 0.5) is 17.1 Å². The van der Waals surface area contributed by atoms with E-state index in [0.717, 1.165) is 11.3 Å². The first-order chi connectivity index (χ1) is 14.1. The van der Waals surface area contributed by atoms with Crippen molar-refractivity contribution in [1.82, 2.24) is 4.90 Å². The highest BCUT2D eigenvalue weighted by molar-refractivity contribution is 5.94. The van der Waals surface area contributed by atoms with Crippen molar-refractivity contribution in [2.75, 3.05) is 42.9 Å². The molecule has 1 fully saturated rings. The largest absolute Gasteiger partial charge is 0.379 e. The summed E-state index contributed by atoms with van der Waals surface area (Å²) in [6.45, 7) is 11.5. The molecule has 7 nitrogen and oxygen atoms in total. The zero-order valence-corrected chi connectivity index (χ0v) is 18.1. The lowest BCUT2D eigenvalue weighted by Gasteiger charge is -2.36. The van der Waals surface area contributed by atoms with Gasteiger partial charge in [0.1, 0.15) is 5.69 Å². The van der Waals surface area contributed by atoms with Crippen molar-refractivity contribution in [3.05, 3.63) is 63.7 Å². The van der Waals surface area contributed by atoms with E-state index in [-0.39, 0.29) is 21.9 Å². The molecule has 1 heterocycles. The van der Waals surface area contributed by atoms with Crippen molar-refractivity contribution in [2.45, 2.75) is 27.7 Å². The first-order valence-electron chi connectivity index (χ1n) is 10.3. The van der Waals surface area contributed by atoms with Gasteiger partial charge in [-0.15, -0.1) is 0 Å². The van der Waals surface area contributed by atoms with Gasteiger partial charge in [-0.3, -0.25) is 14.9 Å². The van der Waals surface area contributed by atoms with Gasteiger partial charge in [-0.1, -0.05) is 38.5 Å². The van der Waals surface area contributed by atoms with Gasteiger partial charge in [0.15, 0.2) is 0 Å². The molecule has 30 heavy (non-hydrogen) atoms. The maximum Gasteiger partial charge on any atom is 0.292 e. The van der Waals surface area contributed by atoms with Crippen molar-refractivity contribution >= 4 is 23.0 Å². The normalized spacial score (nSPS) is 14.5. The quantitative estimate of drug-likeness (QED) is 0.586. The molecule has 1 aliphatic rings. The van der Waals surface area contributed by atoms with Crippen molar-refractivity contribution < 1.29 is 9.72 Å². The number of nitrogens with zero attached hydrogens (tertiary/aromatic N) is 3. The van der Waals surface area contributed by atoms with Crippen LogP contribution in [0.2, 0.25) is 0 Å². The Kier molecular flexibility index (Phi) is 6.29. The summed E-state index contributed by atoms with van der Waals surface area (Å²) in [5.41, 5.74) is 3.39. The van der Waals surface area contributed by atoms with Crippen LogP contribution in [0.1, 0.15) is 36.7 Å². The van der Waals surface area contributed by atoms with E-state index in [1.807, 2.05) is 42.2 Å². The Hall–Kier alpha value is -3.09. The van der Waals surface area contributed by atoms with Crippen molar-refractivity contribution in [3.63, 3.8) is 0 Å². The lowest BCUT2D eigenvalue weighted by Crippen LogP contribution is -2.48. The number of nitro groups is 1. The molecule has 3 rings (SSSR count). The Morgan fingerprint density at radius 3 is 2.27 bits per heavy atom. The number of nitro benzene ring substituents is 1. The molecule has 1 N–H and O–H groups in total. The highest BCUT2D eigenvalue weighted by Crippen LogP contribution is 2.31. The predicted molar refractivity (Wildman–Crippen MR) is 120 cm³/mol. The Morgan fingerprint density at radius 1 is 1.07 bits per heavy atom. The monoisotopic (exact) mass is 410 g/mol. The van der Waals surface area contributed by atoms with E-state index in [1.54, 1.807) is 12.1 Å². The number of hydrogen-bond donors (Lipinski definition) is 1. The van der Waals surface area contributed by atoms with E-state index in [4.69, 9.17) is 0 Å². The zero-order valence-electron chi connectivity index (χ0n) is 18.1. The molecule has 1 saturated heterocycles. The molecule has 0 bridgehead atoms. The van der Waals surface area contributed by atoms with Crippen LogP contribution in [-0.4, -0.2) is 48.5 Å². The number of carbonyl (C=O) groups excluding carboxylic acids is 1. The molecule has 0 saturated carbocycles. The van der Waals surface area contributed by atoms with E-state index >= 15 is 0 Å². The molecular weight excluding hydrogens is 380 g/mol. The van der Waals surface area contributed by atoms with E-state index < -0.39 is 0 Å². The third-order valence-corrected chi connectivity index (χ3v) is 5.22. The van der Waals surface area contributed by atoms with Crippen LogP contribution < -0.4 is 10.2 Å². The smallest absolute Gasteiger partial charge is 0.292 e. The van der Waals surface area contributed by atoms with Crippen LogP contribution in [0.25, 0.3) is 0 Å². The van der Waals surface area contributed by atoms with Gasteiger partial charge in [-0.05, 0) is 36.6 Å². The van der Waals surface area contributed by atoms with Crippen LogP contribution in [0.5, 0.6) is 0 Å². The topological polar surface area (TPSA) is 78.7 Å². The standard InChI is InChI=1S/C23H30N4O3/c1-17-5-7-18(8-6-17)22(28)26-13-11-25(12-14-26)19-9-10-21(27(29)30)20(15-19)24-16-23(2,3)4/h5-10,15,24H,11-14,16H2,1-4H3. The van der Waals surface area contributed by atoms with Crippen LogP contribution >= 0.6 is 0 Å². The summed E-state index contributed by atoms with van der Waals surface area (Å²) in [6, 6.07) is 12.8. The maximum absolute atomic E-state index is 12.7. The first kappa shape index (κ1) is 21.6. The number of nitrogens with one attached hydrogen (secondary N) is 1. The fraction of sp³-hybridized carbons (Fsp3) is 0.435. The fourth-order valence-corrected chi connectivity index (χ4v) is 3.43. The average Bonchev–Trinajstić information content (AvgIpc) is 2.71. The minimum atomic E-state index is -0.354. The number of rotatable bonds is 5. The number of aryl methyl sites for hydroxylation is 1. The third-order valence-electron chi connectivity index (χ3n) is 5.22. The summed E-state index contributed by atoms with van der Waals surface area (Å²) in [4.78, 5) is 27.8. The number of benzene rings is 2. The van der Waals surface area contributed by atoms with Crippen LogP contribution in [0, 0.1) is 22.5 Å². The first-order valence-corrected chi connectivity index (χ1v) is 10.3. The van der Waals surface area contributed by atoms with Crippen LogP contribution in [0.15, 0.2) is 42.5 Å². The second-order valence-electron chi connectivity index (χ2n) is 9.02. The SMILES string of the molecule is Cc1ccc(C(=O)N2CCN(c3ccc([N+](=O)[O-])c(NCC(C)(C)C)c3)CC2)cc1. The van der Waals surface area contributed by atoms with Gasteiger partial charge >= 0.3 is 0 Å². The molecule has 160 valence electrons. The molecule has 0 aromatic heterocycles. The molecule has 0 unspecified atom stereocenters. The van der Waals surface area contributed by atoms with Gasteiger partial charge in [0.25, 0.3) is 11.6 Å². The Bertz CT molecular complexity index is 911. The third kappa shape index (κ3) is 5.28. The minimum absolute atomic E-state index is 0.00579. The number of anilines is 2. The van der Waals surface area contributed by atoms with E-state index in [1.165, 1.54) is 0 Å². The summed E-state index contributed by atoms with van der Waals surface area (Å²) in [5.74, 6) is 0.0471. The van der Waals surface area contributed by atoms with Crippen molar-refractivity contribution in [2.24, 2.45) is 5.41 Å². The highest BCUT2D eigenvalue weighted by atomic mass is 16.6. The molecule has 1 amide bonds. The van der Waals surface area contributed by atoms with Gasteiger partial charge in [-0.25, -0.2) is 0 Å². The fourth-order valence-electron chi connectivity index (χ4n) is 3.43. The van der Waals surface area contributed by atoms with Crippen molar-refractivity contribution in [1.29, 1.82) is 0 Å². The van der Waals surface area contributed by atoms with Gasteiger partial charge in [0.2, 0.25) is 0 Å². The van der Waals surface area contributed by atoms with Crippen LogP contribution in [0.3, 0.4) is 0 Å². The molecule has 7 heteroatoms. The minimum Gasteiger partial charge on any atom is -0.379 e. The number of hydrogen-bond acceptors (Lipinski definition) is 5. The zero-order chi connectivity index (χ0) is 21.9. The van der Waals surface area contributed by atoms with E-state index in [9.17, 15) is 14.9 Å². The molecule has 1 aliphatic heterocycles. The number of piperazine rings is 1. The summed E-state index contributed by atoms with van der Waals surface area (Å²) < 4.78 is 0. The summed E-state index contributed by atoms with van der Waals surface area (Å²) in [7, 11) is 0. The van der Waals surface area contributed by atoms with E-state index in [0.29, 0.717) is 44.0 Å². The Morgan fingerprint density at radius 2 is 1.70 bits per heavy atom. The summed E-state index contributed by atoms with van der Waals surface area (Å²) >= 11 is 0. The second-order valence-corrected chi connectivity index (χ2v) is 9.02.